The quantitative estimate of drug-likeness (QED) is 0.588. The van der Waals surface area contributed by atoms with E-state index >= 15 is 0 Å². The highest BCUT2D eigenvalue weighted by molar-refractivity contribution is 5.93. The van der Waals surface area contributed by atoms with Crippen molar-refractivity contribution in [1.29, 1.82) is 0 Å². The number of nitrogens with zero attached hydrogens (tertiary/aromatic N) is 2. The summed E-state index contributed by atoms with van der Waals surface area (Å²) in [4.78, 5) is 12.3. The van der Waals surface area contributed by atoms with Gasteiger partial charge < -0.3 is 14.2 Å². The third-order valence-corrected chi connectivity index (χ3v) is 3.70. The first-order chi connectivity index (χ1) is 13.1. The molecule has 3 rings (SSSR count). The van der Waals surface area contributed by atoms with E-state index < -0.39 is 12.6 Å². The fourth-order valence-corrected chi connectivity index (χ4v) is 2.44. The Hall–Kier alpha value is -3.42. The third kappa shape index (κ3) is 4.41. The van der Waals surface area contributed by atoms with Crippen molar-refractivity contribution in [3.63, 3.8) is 0 Å². The molecule has 1 aromatic heterocycles. The number of carbonyl (C=O) groups excluding carboxylic acids is 1. The fraction of sp³-hybridized carbons (Fsp3) is 0.158. The number of carbonyl (C=O) groups is 1. The zero-order valence-electron chi connectivity index (χ0n) is 14.3. The lowest BCUT2D eigenvalue weighted by molar-refractivity contribution is -0.0518. The molecule has 1 heterocycles. The van der Waals surface area contributed by atoms with Gasteiger partial charge in [0, 0.05) is 12.4 Å². The van der Waals surface area contributed by atoms with Crippen molar-refractivity contribution in [2.75, 3.05) is 7.11 Å². The summed E-state index contributed by atoms with van der Waals surface area (Å²) < 4.78 is 41.6. The molecule has 0 atom stereocenters. The van der Waals surface area contributed by atoms with Gasteiger partial charge in [0.2, 0.25) is 0 Å². The number of ether oxygens (including phenoxy) is 3. The van der Waals surface area contributed by atoms with E-state index in [4.69, 9.17) is 9.47 Å². The molecule has 0 aliphatic heterocycles. The van der Waals surface area contributed by atoms with E-state index in [0.717, 1.165) is 11.3 Å². The predicted molar refractivity (Wildman–Crippen MR) is 92.3 cm³/mol. The average Bonchev–Trinajstić information content (AvgIpc) is 3.21. The maximum Gasteiger partial charge on any atom is 0.387 e. The van der Waals surface area contributed by atoms with Crippen molar-refractivity contribution in [2.45, 2.75) is 13.2 Å². The highest BCUT2D eigenvalue weighted by Crippen LogP contribution is 2.33. The summed E-state index contributed by atoms with van der Waals surface area (Å²) in [6.07, 6.45) is 3.48. The predicted octanol–water partition coefficient (Wildman–Crippen LogP) is 3.84. The van der Waals surface area contributed by atoms with Crippen molar-refractivity contribution in [3.8, 4) is 17.2 Å². The topological polar surface area (TPSA) is 62.6 Å². The van der Waals surface area contributed by atoms with Crippen LogP contribution in [0.2, 0.25) is 0 Å². The van der Waals surface area contributed by atoms with Crippen LogP contribution in [0.25, 0.3) is 5.69 Å². The van der Waals surface area contributed by atoms with Crippen molar-refractivity contribution in [1.82, 2.24) is 9.78 Å². The molecule has 27 heavy (non-hydrogen) atoms. The normalized spacial score (nSPS) is 10.7. The van der Waals surface area contributed by atoms with Crippen molar-refractivity contribution in [3.05, 3.63) is 72.1 Å². The Morgan fingerprint density at radius 2 is 1.93 bits per heavy atom. The molecule has 0 fully saturated rings. The number of aromatic nitrogens is 2. The molecule has 0 amide bonds. The number of rotatable bonds is 7. The second-order valence-electron chi connectivity index (χ2n) is 5.41. The first kappa shape index (κ1) is 18.4. The van der Waals surface area contributed by atoms with Crippen LogP contribution in [0.15, 0.2) is 60.9 Å². The van der Waals surface area contributed by atoms with Crippen LogP contribution in [0.1, 0.15) is 15.9 Å². The van der Waals surface area contributed by atoms with Crippen molar-refractivity contribution in [2.24, 2.45) is 0 Å². The van der Waals surface area contributed by atoms with E-state index in [0.29, 0.717) is 0 Å². The van der Waals surface area contributed by atoms with Gasteiger partial charge in [-0.25, -0.2) is 9.48 Å². The molecular weight excluding hydrogens is 358 g/mol. The minimum atomic E-state index is -3.09. The minimum absolute atomic E-state index is 0.0216. The molecule has 0 unspecified atom stereocenters. The molecule has 2 aromatic carbocycles. The largest absolute Gasteiger partial charge is 0.493 e. The van der Waals surface area contributed by atoms with Gasteiger partial charge in [-0.1, -0.05) is 18.2 Å². The molecule has 0 N–H and O–H groups in total. The second-order valence-corrected chi connectivity index (χ2v) is 5.41. The Morgan fingerprint density at radius 1 is 1.15 bits per heavy atom. The maximum absolute atomic E-state index is 12.6. The number of hydrogen-bond donors (Lipinski definition) is 0. The smallest absolute Gasteiger partial charge is 0.387 e. The average molecular weight is 374 g/mol. The summed E-state index contributed by atoms with van der Waals surface area (Å²) in [7, 11) is 1.30. The highest BCUT2D eigenvalue weighted by Gasteiger charge is 2.21. The van der Waals surface area contributed by atoms with Crippen LogP contribution in [0.5, 0.6) is 11.5 Å². The molecule has 0 radical (unpaired) electrons. The summed E-state index contributed by atoms with van der Waals surface area (Å²) in [5, 5.41) is 4.12. The molecule has 0 saturated heterocycles. The fourth-order valence-electron chi connectivity index (χ4n) is 2.44. The van der Waals surface area contributed by atoms with E-state index in [1.54, 1.807) is 23.0 Å². The lowest BCUT2D eigenvalue weighted by Crippen LogP contribution is -2.11. The Morgan fingerprint density at radius 3 is 2.56 bits per heavy atom. The first-order valence-corrected chi connectivity index (χ1v) is 7.96. The second kappa shape index (κ2) is 8.31. The van der Waals surface area contributed by atoms with Crippen molar-refractivity contribution < 1.29 is 27.8 Å². The number of para-hydroxylation sites is 1. The van der Waals surface area contributed by atoms with Gasteiger partial charge in [0.25, 0.3) is 0 Å². The number of methoxy groups -OCH3 is 1. The molecule has 0 bridgehead atoms. The molecule has 0 saturated carbocycles. The van der Waals surface area contributed by atoms with E-state index in [1.165, 1.54) is 25.3 Å². The van der Waals surface area contributed by atoms with Gasteiger partial charge in [-0.3, -0.25) is 0 Å². The monoisotopic (exact) mass is 374 g/mol. The maximum atomic E-state index is 12.6. The van der Waals surface area contributed by atoms with Gasteiger partial charge in [0.1, 0.15) is 12.2 Å². The Labute approximate surface area is 153 Å². The number of hydrogen-bond acceptors (Lipinski definition) is 5. The standard InChI is InChI=1S/C19H16F2N2O4/c1-25-16-5-2-4-15(17(16)27-19(20)21)18(24)26-12-13-6-8-14(9-7-13)23-11-3-10-22-23/h2-11,19H,12H2,1H3. The zero-order chi connectivity index (χ0) is 19.2. The zero-order valence-corrected chi connectivity index (χ0v) is 14.3. The van der Waals surface area contributed by atoms with Gasteiger partial charge in [-0.05, 0) is 35.9 Å². The Kier molecular flexibility index (Phi) is 5.65. The van der Waals surface area contributed by atoms with Crippen LogP contribution < -0.4 is 9.47 Å². The van der Waals surface area contributed by atoms with Gasteiger partial charge in [-0.2, -0.15) is 13.9 Å². The summed E-state index contributed by atoms with van der Waals surface area (Å²) in [6, 6.07) is 13.3. The van der Waals surface area contributed by atoms with Gasteiger partial charge >= 0.3 is 12.6 Å². The van der Waals surface area contributed by atoms with Gasteiger partial charge in [0.05, 0.1) is 12.8 Å². The Balaban J connectivity index is 1.71. The lowest BCUT2D eigenvalue weighted by atomic mass is 10.2. The van der Waals surface area contributed by atoms with Gasteiger partial charge in [0.15, 0.2) is 11.5 Å². The number of halogens is 2. The summed E-state index contributed by atoms with van der Waals surface area (Å²) in [6.45, 7) is -3.12. The number of esters is 1. The summed E-state index contributed by atoms with van der Waals surface area (Å²) in [5.74, 6) is -1.12. The summed E-state index contributed by atoms with van der Waals surface area (Å²) in [5.41, 5.74) is 1.46. The van der Waals surface area contributed by atoms with E-state index in [2.05, 4.69) is 9.84 Å². The van der Waals surface area contributed by atoms with Crippen LogP contribution in [0, 0.1) is 0 Å². The number of benzene rings is 2. The molecule has 140 valence electrons. The molecule has 8 heteroatoms. The first-order valence-electron chi connectivity index (χ1n) is 7.96. The minimum Gasteiger partial charge on any atom is -0.493 e. The molecule has 0 spiro atoms. The van der Waals surface area contributed by atoms with Crippen LogP contribution in [-0.2, 0) is 11.3 Å². The number of alkyl halides is 2. The lowest BCUT2D eigenvalue weighted by Gasteiger charge is -2.14. The van der Waals surface area contributed by atoms with Crippen LogP contribution in [0.3, 0.4) is 0 Å². The van der Waals surface area contributed by atoms with Crippen molar-refractivity contribution >= 4 is 5.97 Å². The third-order valence-electron chi connectivity index (χ3n) is 3.70. The highest BCUT2D eigenvalue weighted by atomic mass is 19.3. The van der Waals surface area contributed by atoms with Crippen LogP contribution in [-0.4, -0.2) is 29.5 Å². The molecule has 0 aliphatic rings. The molecule has 6 nitrogen and oxygen atoms in total. The van der Waals surface area contributed by atoms with E-state index in [9.17, 15) is 13.6 Å². The summed E-state index contributed by atoms with van der Waals surface area (Å²) >= 11 is 0. The molecule has 0 aliphatic carbocycles. The van der Waals surface area contributed by atoms with Crippen LogP contribution >= 0.6 is 0 Å². The van der Waals surface area contributed by atoms with Crippen LogP contribution in [0.4, 0.5) is 8.78 Å². The molecular formula is C19H16F2N2O4. The molecule has 3 aromatic rings. The SMILES string of the molecule is COc1cccc(C(=O)OCc2ccc(-n3cccn3)cc2)c1OC(F)F. The van der Waals surface area contributed by atoms with Gasteiger partial charge in [-0.15, -0.1) is 0 Å². The Bertz CT molecular complexity index is 897. The van der Waals surface area contributed by atoms with E-state index in [-0.39, 0.29) is 23.7 Å². The van der Waals surface area contributed by atoms with E-state index in [1.807, 2.05) is 24.4 Å².